The highest BCUT2D eigenvalue weighted by atomic mass is 16.5. The van der Waals surface area contributed by atoms with Gasteiger partial charge in [0.2, 0.25) is 0 Å². The van der Waals surface area contributed by atoms with Crippen LogP contribution in [0.3, 0.4) is 0 Å². The van der Waals surface area contributed by atoms with Gasteiger partial charge in [-0.25, -0.2) is 0 Å². The molecule has 4 heteroatoms. The van der Waals surface area contributed by atoms with Crippen LogP contribution in [0, 0.1) is 11.8 Å². The summed E-state index contributed by atoms with van der Waals surface area (Å²) < 4.78 is 10.9. The lowest BCUT2D eigenvalue weighted by molar-refractivity contribution is -0.141. The SMILES string of the molecule is COC(=O)CC(c1cccc(OCC2CCCNC2)c1)C1CC1. The van der Waals surface area contributed by atoms with E-state index in [-0.39, 0.29) is 11.9 Å². The van der Waals surface area contributed by atoms with Gasteiger partial charge in [-0.2, -0.15) is 0 Å². The van der Waals surface area contributed by atoms with Crippen molar-refractivity contribution in [3.05, 3.63) is 29.8 Å². The van der Waals surface area contributed by atoms with Crippen LogP contribution >= 0.6 is 0 Å². The van der Waals surface area contributed by atoms with Gasteiger partial charge in [0.1, 0.15) is 5.75 Å². The number of piperidine rings is 1. The minimum Gasteiger partial charge on any atom is -0.493 e. The summed E-state index contributed by atoms with van der Waals surface area (Å²) in [6, 6.07) is 8.28. The van der Waals surface area contributed by atoms with E-state index in [1.807, 2.05) is 12.1 Å². The Labute approximate surface area is 138 Å². The zero-order valence-electron chi connectivity index (χ0n) is 13.9. The molecule has 1 saturated carbocycles. The number of nitrogens with one attached hydrogen (secondary N) is 1. The van der Waals surface area contributed by atoms with Gasteiger partial charge >= 0.3 is 5.97 Å². The number of methoxy groups -OCH3 is 1. The second-order valence-corrected chi connectivity index (χ2v) is 6.82. The molecular weight excluding hydrogens is 290 g/mol. The number of rotatable bonds is 7. The molecule has 1 heterocycles. The van der Waals surface area contributed by atoms with Crippen LogP contribution in [0.25, 0.3) is 0 Å². The highest BCUT2D eigenvalue weighted by Gasteiger charge is 2.34. The molecule has 2 unspecified atom stereocenters. The molecule has 3 rings (SSSR count). The maximum atomic E-state index is 11.7. The quantitative estimate of drug-likeness (QED) is 0.785. The van der Waals surface area contributed by atoms with Crippen LogP contribution in [0.1, 0.15) is 43.6 Å². The normalized spacial score (nSPS) is 22.4. The summed E-state index contributed by atoms with van der Waals surface area (Å²) in [5.41, 5.74) is 1.21. The zero-order chi connectivity index (χ0) is 16.1. The fraction of sp³-hybridized carbons (Fsp3) is 0.632. The highest BCUT2D eigenvalue weighted by Crippen LogP contribution is 2.45. The smallest absolute Gasteiger partial charge is 0.306 e. The third-order valence-electron chi connectivity index (χ3n) is 4.98. The first-order valence-electron chi connectivity index (χ1n) is 8.76. The third kappa shape index (κ3) is 4.71. The summed E-state index contributed by atoms with van der Waals surface area (Å²) in [4.78, 5) is 11.7. The molecule has 1 aliphatic heterocycles. The van der Waals surface area contributed by atoms with Gasteiger partial charge < -0.3 is 14.8 Å². The Morgan fingerprint density at radius 2 is 2.22 bits per heavy atom. The largest absolute Gasteiger partial charge is 0.493 e. The molecule has 0 bridgehead atoms. The molecule has 1 aliphatic carbocycles. The van der Waals surface area contributed by atoms with Crippen LogP contribution in [0.4, 0.5) is 0 Å². The van der Waals surface area contributed by atoms with Crippen LogP contribution < -0.4 is 10.1 Å². The summed E-state index contributed by atoms with van der Waals surface area (Å²) in [6.07, 6.45) is 5.36. The molecule has 4 nitrogen and oxygen atoms in total. The fourth-order valence-corrected chi connectivity index (χ4v) is 3.43. The molecule has 2 atom stereocenters. The summed E-state index contributed by atoms with van der Waals surface area (Å²) in [5, 5.41) is 3.42. The van der Waals surface area contributed by atoms with E-state index >= 15 is 0 Å². The minimum absolute atomic E-state index is 0.124. The Bertz CT molecular complexity index is 521. The number of ether oxygens (including phenoxy) is 2. The number of carbonyl (C=O) groups is 1. The van der Waals surface area contributed by atoms with Crippen LogP contribution in [-0.2, 0) is 9.53 Å². The molecular formula is C19H27NO3. The second kappa shape index (κ2) is 7.82. The van der Waals surface area contributed by atoms with E-state index in [2.05, 4.69) is 17.4 Å². The molecule has 0 radical (unpaired) electrons. The average Bonchev–Trinajstić information content (AvgIpc) is 3.43. The maximum Gasteiger partial charge on any atom is 0.306 e. The van der Waals surface area contributed by atoms with Crippen molar-refractivity contribution in [1.29, 1.82) is 0 Å². The van der Waals surface area contributed by atoms with E-state index in [9.17, 15) is 4.79 Å². The van der Waals surface area contributed by atoms with Crippen molar-refractivity contribution in [2.75, 3.05) is 26.8 Å². The zero-order valence-corrected chi connectivity index (χ0v) is 13.9. The first kappa shape index (κ1) is 16.3. The molecule has 0 spiro atoms. The van der Waals surface area contributed by atoms with Crippen LogP contribution in [0.5, 0.6) is 5.75 Å². The lowest BCUT2D eigenvalue weighted by Gasteiger charge is -2.23. The van der Waals surface area contributed by atoms with Crippen molar-refractivity contribution >= 4 is 5.97 Å². The van der Waals surface area contributed by atoms with Crippen molar-refractivity contribution in [1.82, 2.24) is 5.32 Å². The fourth-order valence-electron chi connectivity index (χ4n) is 3.43. The van der Waals surface area contributed by atoms with Gasteiger partial charge in [-0.1, -0.05) is 12.1 Å². The molecule has 23 heavy (non-hydrogen) atoms. The number of esters is 1. The van der Waals surface area contributed by atoms with E-state index in [1.54, 1.807) is 0 Å². The van der Waals surface area contributed by atoms with Crippen molar-refractivity contribution in [2.45, 2.75) is 38.0 Å². The highest BCUT2D eigenvalue weighted by molar-refractivity contribution is 5.70. The lowest BCUT2D eigenvalue weighted by atomic mass is 9.91. The van der Waals surface area contributed by atoms with Gasteiger partial charge in [0, 0.05) is 12.5 Å². The van der Waals surface area contributed by atoms with Gasteiger partial charge in [-0.3, -0.25) is 4.79 Å². The van der Waals surface area contributed by atoms with E-state index in [1.165, 1.54) is 38.4 Å². The monoisotopic (exact) mass is 317 g/mol. The van der Waals surface area contributed by atoms with Gasteiger partial charge in [0.05, 0.1) is 20.1 Å². The van der Waals surface area contributed by atoms with Crippen molar-refractivity contribution in [3.63, 3.8) is 0 Å². The Balaban J connectivity index is 1.61. The second-order valence-electron chi connectivity index (χ2n) is 6.82. The molecule has 1 N–H and O–H groups in total. The van der Waals surface area contributed by atoms with Crippen molar-refractivity contribution in [2.24, 2.45) is 11.8 Å². The third-order valence-corrected chi connectivity index (χ3v) is 4.98. The molecule has 2 fully saturated rings. The van der Waals surface area contributed by atoms with Gasteiger partial charge in [-0.15, -0.1) is 0 Å². The first-order valence-corrected chi connectivity index (χ1v) is 8.76. The number of benzene rings is 1. The number of hydrogen-bond acceptors (Lipinski definition) is 4. The van der Waals surface area contributed by atoms with Gasteiger partial charge in [-0.05, 0) is 61.8 Å². The Morgan fingerprint density at radius 3 is 2.91 bits per heavy atom. The molecule has 1 aromatic rings. The molecule has 126 valence electrons. The van der Waals surface area contributed by atoms with E-state index < -0.39 is 0 Å². The average molecular weight is 317 g/mol. The Kier molecular flexibility index (Phi) is 5.55. The first-order chi connectivity index (χ1) is 11.3. The van der Waals surface area contributed by atoms with E-state index in [4.69, 9.17) is 9.47 Å². The standard InChI is InChI=1S/C19H27NO3/c1-22-19(21)11-18(15-7-8-15)16-5-2-6-17(10-16)23-13-14-4-3-9-20-12-14/h2,5-6,10,14-15,18,20H,3-4,7-9,11-13H2,1H3. The summed E-state index contributed by atoms with van der Waals surface area (Å²) in [6.45, 7) is 2.94. The Hall–Kier alpha value is -1.55. The van der Waals surface area contributed by atoms with Crippen LogP contribution in [0.2, 0.25) is 0 Å². The summed E-state index contributed by atoms with van der Waals surface area (Å²) in [5.74, 6) is 2.28. The number of hydrogen-bond donors (Lipinski definition) is 1. The number of carbonyl (C=O) groups excluding carboxylic acids is 1. The lowest BCUT2D eigenvalue weighted by Crippen LogP contribution is -2.33. The van der Waals surface area contributed by atoms with Gasteiger partial charge in [0.25, 0.3) is 0 Å². The van der Waals surface area contributed by atoms with E-state index in [0.717, 1.165) is 25.4 Å². The van der Waals surface area contributed by atoms with Gasteiger partial charge in [0.15, 0.2) is 0 Å². The molecule has 0 aromatic heterocycles. The summed E-state index contributed by atoms with van der Waals surface area (Å²) in [7, 11) is 1.46. The minimum atomic E-state index is -0.124. The molecule has 0 amide bonds. The van der Waals surface area contributed by atoms with Crippen LogP contribution in [-0.4, -0.2) is 32.8 Å². The predicted molar refractivity (Wildman–Crippen MR) is 89.6 cm³/mol. The predicted octanol–water partition coefficient (Wildman–Crippen LogP) is 3.12. The molecule has 1 saturated heterocycles. The summed E-state index contributed by atoms with van der Waals surface area (Å²) >= 11 is 0. The molecule has 1 aromatic carbocycles. The Morgan fingerprint density at radius 1 is 1.35 bits per heavy atom. The maximum absolute atomic E-state index is 11.7. The van der Waals surface area contributed by atoms with Crippen molar-refractivity contribution < 1.29 is 14.3 Å². The topological polar surface area (TPSA) is 47.6 Å². The van der Waals surface area contributed by atoms with Crippen molar-refractivity contribution in [3.8, 4) is 5.75 Å². The van der Waals surface area contributed by atoms with Crippen LogP contribution in [0.15, 0.2) is 24.3 Å². The van der Waals surface area contributed by atoms with E-state index in [0.29, 0.717) is 18.3 Å². The molecule has 2 aliphatic rings.